The van der Waals surface area contributed by atoms with Gasteiger partial charge in [0, 0.05) is 60.0 Å². The van der Waals surface area contributed by atoms with Crippen molar-refractivity contribution in [2.45, 2.75) is 12.6 Å². The lowest BCUT2D eigenvalue weighted by molar-refractivity contribution is 0.103. The third kappa shape index (κ3) is 4.40. The molecule has 4 heterocycles. The largest absolute Gasteiger partial charge is 0.345 e. The number of hydrogen-bond acceptors (Lipinski definition) is 6. The molecule has 1 aliphatic heterocycles. The first-order valence-corrected chi connectivity index (χ1v) is 12.4. The minimum Gasteiger partial charge on any atom is -0.345 e. The van der Waals surface area contributed by atoms with Gasteiger partial charge in [0.25, 0.3) is 0 Å². The van der Waals surface area contributed by atoms with E-state index in [0.29, 0.717) is 11.1 Å². The smallest absolute Gasteiger partial charge is 0.301 e. The molecule has 1 saturated heterocycles. The number of pyridine rings is 1. The summed E-state index contributed by atoms with van der Waals surface area (Å²) < 4.78 is 71.3. The second-order valence-corrected chi connectivity index (χ2v) is 10.0. The van der Waals surface area contributed by atoms with E-state index in [9.17, 15) is 22.0 Å². The number of aromatic nitrogens is 4. The summed E-state index contributed by atoms with van der Waals surface area (Å²) >= 11 is 5.72. The van der Waals surface area contributed by atoms with Crippen molar-refractivity contribution in [1.82, 2.24) is 24.2 Å². The summed E-state index contributed by atoms with van der Waals surface area (Å²) in [5.74, 6) is -3.62. The van der Waals surface area contributed by atoms with Gasteiger partial charge in [-0.15, -0.1) is 0 Å². The summed E-state index contributed by atoms with van der Waals surface area (Å²) in [6.45, 7) is -0.471. The third-order valence-corrected chi connectivity index (χ3v) is 7.40. The summed E-state index contributed by atoms with van der Waals surface area (Å²) in [4.78, 5) is 28.1. The van der Waals surface area contributed by atoms with Crippen LogP contribution in [-0.2, 0) is 10.2 Å². The Morgan fingerprint density at radius 2 is 1.86 bits per heavy atom. The molecule has 0 radical (unpaired) electrons. The van der Waals surface area contributed by atoms with E-state index in [4.69, 9.17) is 11.6 Å². The molecule has 0 aliphatic carbocycles. The van der Waals surface area contributed by atoms with Crippen LogP contribution in [0.25, 0.3) is 22.2 Å². The number of nitrogens with one attached hydrogen (secondary N) is 2. The number of nitrogens with zero attached hydrogens (tertiary/aromatic N) is 4. The second kappa shape index (κ2) is 9.15. The number of ketones is 1. The van der Waals surface area contributed by atoms with E-state index in [0.717, 1.165) is 16.4 Å². The van der Waals surface area contributed by atoms with Crippen LogP contribution in [-0.4, -0.2) is 57.7 Å². The standard InChI is InChI=1S/C22H16ClF3N6O3S/c23-22-29-7-12(8-30-22)11-5-14-15(9-28-21(14)27-6-11)20(33)18-16(25)1-2-17(19(18)26)31-36(34,35)32-4-3-13(24)10-32/h1-2,5-9,13,31H,3-4,10H2,(H,27,28)/t13-/m1/s1. The Labute approximate surface area is 207 Å². The number of carbonyl (C=O) groups is 1. The quantitative estimate of drug-likeness (QED) is 0.285. The Bertz CT molecular complexity index is 1600. The Morgan fingerprint density at radius 3 is 2.56 bits per heavy atom. The van der Waals surface area contributed by atoms with Gasteiger partial charge in [0.05, 0.1) is 11.3 Å². The van der Waals surface area contributed by atoms with Crippen LogP contribution in [0.15, 0.2) is 43.0 Å². The van der Waals surface area contributed by atoms with Gasteiger partial charge in [-0.1, -0.05) is 0 Å². The molecule has 14 heteroatoms. The van der Waals surface area contributed by atoms with Crippen LogP contribution in [0.2, 0.25) is 5.28 Å². The highest BCUT2D eigenvalue weighted by Crippen LogP contribution is 2.30. The van der Waals surface area contributed by atoms with E-state index >= 15 is 4.39 Å². The zero-order valence-electron chi connectivity index (χ0n) is 18.2. The number of carbonyl (C=O) groups excluding carboxylic acids is 1. The normalized spacial score (nSPS) is 16.5. The number of benzene rings is 1. The molecule has 186 valence electrons. The summed E-state index contributed by atoms with van der Waals surface area (Å²) in [5, 5.41) is 0.310. The zero-order valence-corrected chi connectivity index (χ0v) is 19.7. The molecule has 0 saturated carbocycles. The Balaban J connectivity index is 1.52. The van der Waals surface area contributed by atoms with Gasteiger partial charge in [0.2, 0.25) is 11.1 Å². The van der Waals surface area contributed by atoms with Crippen LogP contribution in [0.3, 0.4) is 0 Å². The molecule has 3 aromatic heterocycles. The Kier molecular flexibility index (Phi) is 6.14. The average Bonchev–Trinajstić information content (AvgIpc) is 3.48. The van der Waals surface area contributed by atoms with Crippen molar-refractivity contribution in [3.8, 4) is 11.1 Å². The van der Waals surface area contributed by atoms with Gasteiger partial charge in [-0.25, -0.2) is 28.1 Å². The van der Waals surface area contributed by atoms with Gasteiger partial charge < -0.3 is 4.98 Å². The summed E-state index contributed by atoms with van der Waals surface area (Å²) in [6.07, 6.45) is 4.33. The number of H-pyrrole nitrogens is 1. The Hall–Kier alpha value is -3.55. The van der Waals surface area contributed by atoms with Crippen LogP contribution in [0.5, 0.6) is 0 Å². The fraction of sp³-hybridized carbons (Fsp3) is 0.182. The molecular formula is C22H16ClF3N6O3S. The average molecular weight is 537 g/mol. The van der Waals surface area contributed by atoms with Crippen molar-refractivity contribution >= 4 is 44.3 Å². The number of halogens is 4. The Morgan fingerprint density at radius 1 is 1.14 bits per heavy atom. The summed E-state index contributed by atoms with van der Waals surface area (Å²) in [6, 6.07) is 3.21. The minimum atomic E-state index is -4.32. The molecule has 5 rings (SSSR count). The molecule has 9 nitrogen and oxygen atoms in total. The zero-order chi connectivity index (χ0) is 25.6. The lowest BCUT2D eigenvalue weighted by atomic mass is 10.0. The molecule has 0 amide bonds. The minimum absolute atomic E-state index is 0.00921. The molecule has 1 fully saturated rings. The van der Waals surface area contributed by atoms with E-state index in [2.05, 4.69) is 19.9 Å². The van der Waals surface area contributed by atoms with Crippen molar-refractivity contribution in [3.05, 3.63) is 71.0 Å². The molecule has 1 aromatic carbocycles. The number of rotatable bonds is 6. The van der Waals surface area contributed by atoms with E-state index < -0.39 is 45.0 Å². The molecule has 0 unspecified atom stereocenters. The van der Waals surface area contributed by atoms with E-state index in [1.807, 2.05) is 4.72 Å². The van der Waals surface area contributed by atoms with Crippen LogP contribution < -0.4 is 4.72 Å². The van der Waals surface area contributed by atoms with E-state index in [1.165, 1.54) is 24.8 Å². The fourth-order valence-electron chi connectivity index (χ4n) is 3.89. The predicted molar refractivity (Wildman–Crippen MR) is 126 cm³/mol. The highest BCUT2D eigenvalue weighted by Gasteiger charge is 2.33. The van der Waals surface area contributed by atoms with Crippen LogP contribution >= 0.6 is 11.6 Å². The van der Waals surface area contributed by atoms with E-state index in [-0.39, 0.29) is 41.4 Å². The second-order valence-electron chi connectivity index (χ2n) is 8.03. The molecule has 0 spiro atoms. The monoisotopic (exact) mass is 536 g/mol. The van der Waals surface area contributed by atoms with Crippen LogP contribution in [0.1, 0.15) is 22.3 Å². The van der Waals surface area contributed by atoms with Gasteiger partial charge in [-0.2, -0.15) is 12.7 Å². The highest BCUT2D eigenvalue weighted by atomic mass is 35.5. The molecule has 0 bridgehead atoms. The molecular weight excluding hydrogens is 521 g/mol. The van der Waals surface area contributed by atoms with Gasteiger partial charge in [0.1, 0.15) is 17.6 Å². The third-order valence-electron chi connectivity index (χ3n) is 5.72. The van der Waals surface area contributed by atoms with Crippen molar-refractivity contribution in [2.75, 3.05) is 17.8 Å². The van der Waals surface area contributed by atoms with Crippen molar-refractivity contribution in [3.63, 3.8) is 0 Å². The molecule has 1 aliphatic rings. The predicted octanol–water partition coefficient (Wildman–Crippen LogP) is 3.88. The molecule has 36 heavy (non-hydrogen) atoms. The van der Waals surface area contributed by atoms with Gasteiger partial charge in [-0.05, 0) is 36.2 Å². The number of alkyl halides is 1. The first-order chi connectivity index (χ1) is 17.1. The maximum Gasteiger partial charge on any atom is 0.301 e. The first kappa shape index (κ1) is 24.2. The molecule has 4 aromatic rings. The first-order valence-electron chi connectivity index (χ1n) is 10.5. The topological polar surface area (TPSA) is 121 Å². The lowest BCUT2D eigenvalue weighted by Crippen LogP contribution is -2.34. The van der Waals surface area contributed by atoms with Gasteiger partial charge >= 0.3 is 10.2 Å². The molecule has 1 atom stereocenters. The summed E-state index contributed by atoms with van der Waals surface area (Å²) in [5.41, 5.74) is -0.344. The highest BCUT2D eigenvalue weighted by molar-refractivity contribution is 7.90. The van der Waals surface area contributed by atoms with Gasteiger partial charge in [-0.3, -0.25) is 9.52 Å². The number of anilines is 1. The van der Waals surface area contributed by atoms with E-state index in [1.54, 1.807) is 6.07 Å². The van der Waals surface area contributed by atoms with Crippen LogP contribution in [0.4, 0.5) is 18.9 Å². The number of aromatic amines is 1. The van der Waals surface area contributed by atoms with Gasteiger partial charge in [0.15, 0.2) is 5.82 Å². The number of hydrogen-bond donors (Lipinski definition) is 2. The maximum atomic E-state index is 15.3. The fourth-order valence-corrected chi connectivity index (χ4v) is 5.26. The number of fused-ring (bicyclic) bond motifs is 1. The maximum absolute atomic E-state index is 15.3. The lowest BCUT2D eigenvalue weighted by Gasteiger charge is -2.18. The summed E-state index contributed by atoms with van der Waals surface area (Å²) in [7, 11) is -4.32. The molecule has 2 N–H and O–H groups in total. The van der Waals surface area contributed by atoms with Crippen molar-refractivity contribution < 1.29 is 26.4 Å². The van der Waals surface area contributed by atoms with Crippen LogP contribution in [0, 0.1) is 11.6 Å². The van der Waals surface area contributed by atoms with Crippen molar-refractivity contribution in [2.24, 2.45) is 0 Å². The van der Waals surface area contributed by atoms with Crippen molar-refractivity contribution in [1.29, 1.82) is 0 Å². The SMILES string of the molecule is O=C(c1c(F)ccc(NS(=O)(=O)N2CC[C@@H](F)C2)c1F)c1c[nH]c2ncc(-c3cnc(Cl)nc3)cc12.